The molecule has 0 N–H and O–H groups in total. The summed E-state index contributed by atoms with van der Waals surface area (Å²) >= 11 is 0. The van der Waals surface area contributed by atoms with E-state index in [0.29, 0.717) is 45.4 Å². The standard InChI is InChI=1S/C26H37N5O3/c1-16(2)14-21(31-24(32)19-8-6-7-9-20(19)25(31)33)26(34)30-12-10-29(11-13-30)22-15-18(5)27-23(28-22)17(3)4/h6-7,15-17,19-21H,8-14H2,1-5H3. The van der Waals surface area contributed by atoms with Gasteiger partial charge in [-0.1, -0.05) is 39.8 Å². The van der Waals surface area contributed by atoms with Crippen molar-refractivity contribution in [3.05, 3.63) is 29.7 Å². The third-order valence-electron chi connectivity index (χ3n) is 7.12. The van der Waals surface area contributed by atoms with E-state index in [4.69, 9.17) is 4.98 Å². The summed E-state index contributed by atoms with van der Waals surface area (Å²) in [6.07, 6.45) is 5.63. The van der Waals surface area contributed by atoms with Crippen molar-refractivity contribution in [2.24, 2.45) is 17.8 Å². The van der Waals surface area contributed by atoms with Crippen LogP contribution < -0.4 is 4.90 Å². The molecule has 34 heavy (non-hydrogen) atoms. The molecule has 0 radical (unpaired) electrons. The van der Waals surface area contributed by atoms with Crippen LogP contribution in [0, 0.1) is 24.7 Å². The van der Waals surface area contributed by atoms with Crippen molar-refractivity contribution >= 4 is 23.5 Å². The molecule has 2 saturated heterocycles. The molecule has 0 aromatic carbocycles. The Morgan fingerprint density at radius 3 is 2.09 bits per heavy atom. The second-order valence-electron chi connectivity index (χ2n) is 10.5. The summed E-state index contributed by atoms with van der Waals surface area (Å²) in [5, 5.41) is 0. The van der Waals surface area contributed by atoms with Gasteiger partial charge in [-0.3, -0.25) is 19.3 Å². The smallest absolute Gasteiger partial charge is 0.246 e. The number of rotatable bonds is 6. The zero-order chi connectivity index (χ0) is 24.6. The average Bonchev–Trinajstić information content (AvgIpc) is 3.06. The number of aryl methyl sites for hydroxylation is 1. The molecule has 0 saturated carbocycles. The zero-order valence-corrected chi connectivity index (χ0v) is 21.0. The first-order valence-corrected chi connectivity index (χ1v) is 12.6. The van der Waals surface area contributed by atoms with Gasteiger partial charge in [0.1, 0.15) is 17.7 Å². The molecule has 1 aromatic rings. The predicted molar refractivity (Wildman–Crippen MR) is 130 cm³/mol. The van der Waals surface area contributed by atoms with Crippen molar-refractivity contribution in [3.63, 3.8) is 0 Å². The monoisotopic (exact) mass is 467 g/mol. The molecule has 4 rings (SSSR count). The lowest BCUT2D eigenvalue weighted by molar-refractivity contribution is -0.152. The SMILES string of the molecule is Cc1cc(N2CCN(C(=O)C(CC(C)C)N3C(=O)C4CC=CCC4C3=O)CC2)nc(C(C)C)n1. The Balaban J connectivity index is 1.48. The number of fused-ring (bicyclic) bond motifs is 1. The Kier molecular flexibility index (Phi) is 7.05. The fraction of sp³-hybridized carbons (Fsp3) is 0.654. The van der Waals surface area contributed by atoms with Crippen molar-refractivity contribution in [1.29, 1.82) is 0 Å². The number of nitrogens with zero attached hydrogens (tertiary/aromatic N) is 5. The summed E-state index contributed by atoms with van der Waals surface area (Å²) in [7, 11) is 0. The van der Waals surface area contributed by atoms with Gasteiger partial charge in [0, 0.05) is 43.9 Å². The molecule has 3 atom stereocenters. The number of hydrogen-bond donors (Lipinski definition) is 0. The number of allylic oxidation sites excluding steroid dienone is 2. The second kappa shape index (κ2) is 9.84. The van der Waals surface area contributed by atoms with Crippen LogP contribution in [-0.2, 0) is 14.4 Å². The minimum Gasteiger partial charge on any atom is -0.353 e. The molecule has 1 aromatic heterocycles. The van der Waals surface area contributed by atoms with Gasteiger partial charge in [0.05, 0.1) is 11.8 Å². The van der Waals surface area contributed by atoms with E-state index in [9.17, 15) is 14.4 Å². The van der Waals surface area contributed by atoms with E-state index in [1.165, 1.54) is 4.90 Å². The van der Waals surface area contributed by atoms with Crippen LogP contribution in [0.1, 0.15) is 64.4 Å². The van der Waals surface area contributed by atoms with Gasteiger partial charge in [0.25, 0.3) is 0 Å². The van der Waals surface area contributed by atoms with Crippen LogP contribution >= 0.6 is 0 Å². The zero-order valence-electron chi connectivity index (χ0n) is 21.0. The Morgan fingerprint density at radius 1 is 0.971 bits per heavy atom. The maximum absolute atomic E-state index is 13.7. The largest absolute Gasteiger partial charge is 0.353 e. The van der Waals surface area contributed by atoms with Crippen LogP contribution in [0.3, 0.4) is 0 Å². The minimum absolute atomic E-state index is 0.108. The number of carbonyl (C=O) groups is 3. The molecule has 3 aliphatic rings. The fourth-order valence-electron chi connectivity index (χ4n) is 5.26. The maximum Gasteiger partial charge on any atom is 0.246 e. The van der Waals surface area contributed by atoms with E-state index in [1.807, 2.05) is 43.9 Å². The molecule has 3 unspecified atom stereocenters. The molecule has 3 heterocycles. The van der Waals surface area contributed by atoms with Crippen LogP contribution in [0.25, 0.3) is 0 Å². The van der Waals surface area contributed by atoms with E-state index < -0.39 is 6.04 Å². The Bertz CT molecular complexity index is 955. The lowest BCUT2D eigenvalue weighted by atomic mass is 9.85. The first kappa shape index (κ1) is 24.4. The number of amides is 3. The Labute approximate surface area is 202 Å². The summed E-state index contributed by atoms with van der Waals surface area (Å²) in [5.74, 6) is 1.08. The Morgan fingerprint density at radius 2 is 1.56 bits per heavy atom. The van der Waals surface area contributed by atoms with Crippen LogP contribution in [0.15, 0.2) is 18.2 Å². The molecular formula is C26H37N5O3. The second-order valence-corrected chi connectivity index (χ2v) is 10.5. The summed E-state index contributed by atoms with van der Waals surface area (Å²) in [5.41, 5.74) is 0.936. The average molecular weight is 468 g/mol. The summed E-state index contributed by atoms with van der Waals surface area (Å²) in [4.78, 5) is 54.7. The number of piperazine rings is 1. The van der Waals surface area contributed by atoms with Crippen LogP contribution in [0.2, 0.25) is 0 Å². The highest BCUT2D eigenvalue weighted by atomic mass is 16.2. The summed E-state index contributed by atoms with van der Waals surface area (Å²) in [6, 6.07) is 1.27. The van der Waals surface area contributed by atoms with E-state index >= 15 is 0 Å². The van der Waals surface area contributed by atoms with E-state index in [-0.39, 0.29) is 41.4 Å². The third-order valence-corrected chi connectivity index (χ3v) is 7.12. The van der Waals surface area contributed by atoms with Gasteiger partial charge < -0.3 is 9.80 Å². The third kappa shape index (κ3) is 4.72. The number of aromatic nitrogens is 2. The lowest BCUT2D eigenvalue weighted by Crippen LogP contribution is -2.56. The number of likely N-dealkylation sites (tertiary alicyclic amines) is 1. The van der Waals surface area contributed by atoms with Crippen LogP contribution in [0.4, 0.5) is 5.82 Å². The number of anilines is 1. The molecule has 2 aliphatic heterocycles. The van der Waals surface area contributed by atoms with Crippen molar-refractivity contribution in [3.8, 4) is 0 Å². The molecule has 2 fully saturated rings. The summed E-state index contributed by atoms with van der Waals surface area (Å²) < 4.78 is 0. The molecule has 1 aliphatic carbocycles. The Hall–Kier alpha value is -2.77. The van der Waals surface area contributed by atoms with Gasteiger partial charge in [0.2, 0.25) is 17.7 Å². The highest BCUT2D eigenvalue weighted by Gasteiger charge is 2.51. The number of imide groups is 1. The fourth-order valence-corrected chi connectivity index (χ4v) is 5.26. The number of hydrogen-bond acceptors (Lipinski definition) is 6. The molecule has 184 valence electrons. The molecule has 0 bridgehead atoms. The van der Waals surface area contributed by atoms with Crippen molar-refractivity contribution in [2.75, 3.05) is 31.1 Å². The molecular weight excluding hydrogens is 430 g/mol. The van der Waals surface area contributed by atoms with E-state index in [0.717, 1.165) is 17.3 Å². The van der Waals surface area contributed by atoms with Crippen LogP contribution in [0.5, 0.6) is 0 Å². The molecule has 8 nitrogen and oxygen atoms in total. The normalized spacial score (nSPS) is 23.8. The van der Waals surface area contributed by atoms with Crippen molar-refractivity contribution in [2.45, 2.75) is 65.8 Å². The highest BCUT2D eigenvalue weighted by molar-refractivity contribution is 6.08. The predicted octanol–water partition coefficient (Wildman–Crippen LogP) is 2.92. The van der Waals surface area contributed by atoms with Gasteiger partial charge in [-0.25, -0.2) is 9.97 Å². The summed E-state index contributed by atoms with van der Waals surface area (Å²) in [6.45, 7) is 12.6. The number of carbonyl (C=O) groups excluding carboxylic acids is 3. The van der Waals surface area contributed by atoms with E-state index in [2.05, 4.69) is 23.7 Å². The topological polar surface area (TPSA) is 86.7 Å². The van der Waals surface area contributed by atoms with Gasteiger partial charge in [0.15, 0.2) is 0 Å². The molecule has 8 heteroatoms. The van der Waals surface area contributed by atoms with Crippen LogP contribution in [-0.4, -0.2) is 69.7 Å². The van der Waals surface area contributed by atoms with Crippen molar-refractivity contribution in [1.82, 2.24) is 19.8 Å². The van der Waals surface area contributed by atoms with Gasteiger partial charge >= 0.3 is 0 Å². The minimum atomic E-state index is -0.717. The lowest BCUT2D eigenvalue weighted by Gasteiger charge is -2.39. The van der Waals surface area contributed by atoms with Crippen molar-refractivity contribution < 1.29 is 14.4 Å². The van der Waals surface area contributed by atoms with E-state index in [1.54, 1.807) is 0 Å². The quantitative estimate of drug-likeness (QED) is 0.472. The van der Waals surface area contributed by atoms with Gasteiger partial charge in [-0.2, -0.15) is 0 Å². The first-order valence-electron chi connectivity index (χ1n) is 12.6. The van der Waals surface area contributed by atoms with Gasteiger partial charge in [-0.05, 0) is 32.1 Å². The van der Waals surface area contributed by atoms with Gasteiger partial charge in [-0.15, -0.1) is 0 Å². The molecule has 3 amide bonds. The first-order chi connectivity index (χ1) is 16.2. The molecule has 0 spiro atoms. The maximum atomic E-state index is 13.7. The highest BCUT2D eigenvalue weighted by Crippen LogP contribution is 2.37.